The average Bonchev–Trinajstić information content (AvgIpc) is 2.18. The summed E-state index contributed by atoms with van der Waals surface area (Å²) in [7, 11) is 0. The van der Waals surface area contributed by atoms with Crippen molar-refractivity contribution >= 4 is 5.97 Å². The Morgan fingerprint density at radius 2 is 2.13 bits per heavy atom. The molecule has 0 saturated carbocycles. The van der Waals surface area contributed by atoms with Crippen LogP contribution < -0.4 is 4.74 Å². The van der Waals surface area contributed by atoms with Crippen LogP contribution in [0, 0.1) is 0 Å². The largest absolute Gasteiger partial charge is 0.508 e. The lowest BCUT2D eigenvalue weighted by Gasteiger charge is -2.03. The Bertz CT molecular complexity index is 322. The summed E-state index contributed by atoms with van der Waals surface area (Å²) in [6, 6.07) is 6.09. The molecule has 0 radical (unpaired) electrons. The van der Waals surface area contributed by atoms with Crippen molar-refractivity contribution < 1.29 is 19.7 Å². The van der Waals surface area contributed by atoms with Crippen molar-refractivity contribution in [3.05, 3.63) is 24.3 Å². The van der Waals surface area contributed by atoms with Crippen LogP contribution in [0.25, 0.3) is 0 Å². The standard InChI is InChI=1S/C11H14O4/c12-7-2-1-6-11(14)15-10-5-3-4-9(13)8-10/h3-5,8,12-13H,1-2,6-7H2. The minimum atomic E-state index is -0.353. The smallest absolute Gasteiger partial charge is 0.311 e. The monoisotopic (exact) mass is 210 g/mol. The van der Waals surface area contributed by atoms with E-state index < -0.39 is 0 Å². The van der Waals surface area contributed by atoms with E-state index in [9.17, 15) is 4.79 Å². The summed E-state index contributed by atoms with van der Waals surface area (Å²) in [4.78, 5) is 11.2. The zero-order valence-electron chi connectivity index (χ0n) is 8.35. The molecule has 0 bridgehead atoms. The molecule has 1 aromatic carbocycles. The third-order valence-corrected chi connectivity index (χ3v) is 1.84. The van der Waals surface area contributed by atoms with Gasteiger partial charge in [-0.05, 0) is 25.0 Å². The molecule has 0 amide bonds. The van der Waals surface area contributed by atoms with Gasteiger partial charge in [-0.1, -0.05) is 6.07 Å². The molecular weight excluding hydrogens is 196 g/mol. The molecule has 0 spiro atoms. The molecule has 0 aliphatic heterocycles. The molecule has 82 valence electrons. The molecule has 4 nitrogen and oxygen atoms in total. The average molecular weight is 210 g/mol. The molecule has 0 atom stereocenters. The van der Waals surface area contributed by atoms with Crippen molar-refractivity contribution in [1.29, 1.82) is 0 Å². The van der Waals surface area contributed by atoms with E-state index in [1.54, 1.807) is 12.1 Å². The van der Waals surface area contributed by atoms with Gasteiger partial charge in [-0.2, -0.15) is 0 Å². The molecule has 2 N–H and O–H groups in total. The van der Waals surface area contributed by atoms with Gasteiger partial charge >= 0.3 is 5.97 Å². The number of phenols is 1. The van der Waals surface area contributed by atoms with Gasteiger partial charge in [0.2, 0.25) is 0 Å². The normalized spacial score (nSPS) is 9.93. The number of ether oxygens (including phenoxy) is 1. The van der Waals surface area contributed by atoms with Crippen LogP contribution in [-0.4, -0.2) is 22.8 Å². The van der Waals surface area contributed by atoms with Crippen LogP contribution in [0.4, 0.5) is 0 Å². The van der Waals surface area contributed by atoms with Crippen LogP contribution in [0.2, 0.25) is 0 Å². The van der Waals surface area contributed by atoms with Crippen molar-refractivity contribution in [3.8, 4) is 11.5 Å². The summed E-state index contributed by atoms with van der Waals surface area (Å²) in [5.41, 5.74) is 0. The van der Waals surface area contributed by atoms with E-state index in [4.69, 9.17) is 14.9 Å². The third-order valence-electron chi connectivity index (χ3n) is 1.84. The summed E-state index contributed by atoms with van der Waals surface area (Å²) in [6.07, 6.45) is 1.47. The van der Waals surface area contributed by atoms with Gasteiger partial charge in [0.05, 0.1) is 0 Å². The quantitative estimate of drug-likeness (QED) is 0.438. The van der Waals surface area contributed by atoms with Crippen LogP contribution in [0.5, 0.6) is 11.5 Å². The number of aliphatic hydroxyl groups is 1. The Morgan fingerprint density at radius 3 is 2.80 bits per heavy atom. The van der Waals surface area contributed by atoms with Crippen molar-refractivity contribution in [3.63, 3.8) is 0 Å². The Kier molecular flexibility index (Phi) is 4.63. The lowest BCUT2D eigenvalue weighted by atomic mass is 10.2. The maximum atomic E-state index is 11.2. The molecule has 1 aromatic rings. The zero-order valence-corrected chi connectivity index (χ0v) is 8.35. The predicted octanol–water partition coefficient (Wildman–Crippen LogP) is 1.46. The molecular formula is C11H14O4. The van der Waals surface area contributed by atoms with Gasteiger partial charge in [-0.25, -0.2) is 0 Å². The van der Waals surface area contributed by atoms with Crippen molar-refractivity contribution in [1.82, 2.24) is 0 Å². The first-order valence-corrected chi connectivity index (χ1v) is 4.83. The highest BCUT2D eigenvalue weighted by Gasteiger charge is 2.04. The van der Waals surface area contributed by atoms with Gasteiger partial charge in [0.25, 0.3) is 0 Å². The van der Waals surface area contributed by atoms with E-state index in [2.05, 4.69) is 0 Å². The van der Waals surface area contributed by atoms with Crippen LogP contribution in [0.1, 0.15) is 19.3 Å². The highest BCUT2D eigenvalue weighted by atomic mass is 16.5. The van der Waals surface area contributed by atoms with Crippen LogP contribution >= 0.6 is 0 Å². The SMILES string of the molecule is O=C(CCCCO)Oc1cccc(O)c1. The van der Waals surface area contributed by atoms with E-state index in [0.29, 0.717) is 18.6 Å². The van der Waals surface area contributed by atoms with Gasteiger partial charge in [0.1, 0.15) is 11.5 Å². The second-order valence-corrected chi connectivity index (χ2v) is 3.15. The van der Waals surface area contributed by atoms with E-state index in [1.165, 1.54) is 12.1 Å². The molecule has 0 aliphatic carbocycles. The Hall–Kier alpha value is -1.55. The number of esters is 1. The lowest BCUT2D eigenvalue weighted by Crippen LogP contribution is -2.07. The number of hydrogen-bond acceptors (Lipinski definition) is 4. The summed E-state index contributed by atoms with van der Waals surface area (Å²) in [5, 5.41) is 17.6. The van der Waals surface area contributed by atoms with E-state index in [-0.39, 0.29) is 24.7 Å². The molecule has 4 heteroatoms. The zero-order chi connectivity index (χ0) is 11.1. The van der Waals surface area contributed by atoms with Crippen LogP contribution in [0.3, 0.4) is 0 Å². The minimum absolute atomic E-state index is 0.0654. The molecule has 0 unspecified atom stereocenters. The molecule has 0 aliphatic rings. The number of aromatic hydroxyl groups is 1. The summed E-state index contributed by atoms with van der Waals surface area (Å²) in [6.45, 7) is 0.0827. The molecule has 0 saturated heterocycles. The number of benzene rings is 1. The Labute approximate surface area is 88.1 Å². The Balaban J connectivity index is 2.37. The second kappa shape index (κ2) is 6.03. The first-order valence-electron chi connectivity index (χ1n) is 4.83. The Morgan fingerprint density at radius 1 is 1.33 bits per heavy atom. The fourth-order valence-corrected chi connectivity index (χ4v) is 1.11. The van der Waals surface area contributed by atoms with Crippen LogP contribution in [0.15, 0.2) is 24.3 Å². The number of unbranched alkanes of at least 4 members (excludes halogenated alkanes) is 1. The fourth-order valence-electron chi connectivity index (χ4n) is 1.11. The lowest BCUT2D eigenvalue weighted by molar-refractivity contribution is -0.134. The van der Waals surface area contributed by atoms with Gasteiger partial charge < -0.3 is 14.9 Å². The first kappa shape index (κ1) is 11.5. The first-order chi connectivity index (χ1) is 7.22. The number of carbonyl (C=O) groups excluding carboxylic acids is 1. The van der Waals surface area contributed by atoms with Gasteiger partial charge in [0.15, 0.2) is 0 Å². The second-order valence-electron chi connectivity index (χ2n) is 3.15. The van der Waals surface area contributed by atoms with E-state index in [1.807, 2.05) is 0 Å². The predicted molar refractivity (Wildman–Crippen MR) is 54.7 cm³/mol. The number of hydrogen-bond donors (Lipinski definition) is 2. The minimum Gasteiger partial charge on any atom is -0.508 e. The fraction of sp³-hybridized carbons (Fsp3) is 0.364. The summed E-state index contributed by atoms with van der Waals surface area (Å²) in [5.74, 6) is 0.0497. The van der Waals surface area contributed by atoms with Crippen molar-refractivity contribution in [2.45, 2.75) is 19.3 Å². The summed E-state index contributed by atoms with van der Waals surface area (Å²) >= 11 is 0. The third kappa shape index (κ3) is 4.46. The molecule has 0 fully saturated rings. The molecule has 0 aromatic heterocycles. The summed E-state index contributed by atoms with van der Waals surface area (Å²) < 4.78 is 4.96. The van der Waals surface area contributed by atoms with E-state index in [0.717, 1.165) is 0 Å². The van der Waals surface area contributed by atoms with E-state index >= 15 is 0 Å². The maximum Gasteiger partial charge on any atom is 0.311 e. The van der Waals surface area contributed by atoms with Gasteiger partial charge in [-0.15, -0.1) is 0 Å². The van der Waals surface area contributed by atoms with Gasteiger partial charge in [-0.3, -0.25) is 4.79 Å². The number of phenolic OH excluding ortho intramolecular Hbond substituents is 1. The van der Waals surface area contributed by atoms with Gasteiger partial charge in [0, 0.05) is 19.1 Å². The number of carbonyl (C=O) groups is 1. The molecule has 0 heterocycles. The number of aliphatic hydroxyl groups excluding tert-OH is 1. The van der Waals surface area contributed by atoms with Crippen LogP contribution in [-0.2, 0) is 4.79 Å². The highest BCUT2D eigenvalue weighted by Crippen LogP contribution is 2.18. The van der Waals surface area contributed by atoms with Crippen molar-refractivity contribution in [2.24, 2.45) is 0 Å². The molecule has 1 rings (SSSR count). The van der Waals surface area contributed by atoms with Crippen molar-refractivity contribution in [2.75, 3.05) is 6.61 Å². The highest BCUT2D eigenvalue weighted by molar-refractivity contribution is 5.72. The topological polar surface area (TPSA) is 66.8 Å². The number of rotatable bonds is 5. The maximum absolute atomic E-state index is 11.2. The molecule has 15 heavy (non-hydrogen) atoms.